The first kappa shape index (κ1) is 9.52. The summed E-state index contributed by atoms with van der Waals surface area (Å²) < 4.78 is 0.727. The fraction of sp³-hybridized carbons (Fsp3) is 0.500. The number of hydrogen-bond acceptors (Lipinski definition) is 1. The van der Waals surface area contributed by atoms with E-state index >= 15 is 0 Å². The van der Waals surface area contributed by atoms with Crippen molar-refractivity contribution in [3.8, 4) is 0 Å². The minimum Gasteiger partial charge on any atom is -0.362 e. The van der Waals surface area contributed by atoms with Crippen LogP contribution in [0, 0.1) is 0 Å². The predicted molar refractivity (Wildman–Crippen MR) is 61.6 cm³/mol. The third kappa shape index (κ3) is 1.36. The summed E-state index contributed by atoms with van der Waals surface area (Å²) >= 11 is 3.36. The van der Waals surface area contributed by atoms with Crippen LogP contribution < -0.4 is 5.59 Å². The lowest BCUT2D eigenvalue weighted by molar-refractivity contribution is 0.0727. The second kappa shape index (κ2) is 3.14. The molecule has 0 saturated heterocycles. The first-order valence-corrected chi connectivity index (χ1v) is 5.94. The van der Waals surface area contributed by atoms with Crippen molar-refractivity contribution < 1.29 is 4.79 Å². The molecule has 3 nitrogen and oxygen atoms in total. The van der Waals surface area contributed by atoms with E-state index in [4.69, 9.17) is 7.85 Å². The van der Waals surface area contributed by atoms with Gasteiger partial charge in [0.2, 0.25) is 0 Å². The highest BCUT2D eigenvalue weighted by Crippen LogP contribution is 2.33. The van der Waals surface area contributed by atoms with Gasteiger partial charge in [-0.3, -0.25) is 4.79 Å². The van der Waals surface area contributed by atoms with Crippen molar-refractivity contribution in [3.05, 3.63) is 15.7 Å². The summed E-state index contributed by atoms with van der Waals surface area (Å²) in [5, 5.41) is 0. The van der Waals surface area contributed by atoms with Gasteiger partial charge in [0.05, 0.1) is 10.2 Å². The van der Waals surface area contributed by atoms with Gasteiger partial charge in [0.1, 0.15) is 7.85 Å². The largest absolute Gasteiger partial charge is 0.362 e. The number of fused-ring (bicyclic) bond motifs is 1. The van der Waals surface area contributed by atoms with E-state index < -0.39 is 0 Å². The lowest BCUT2D eigenvalue weighted by Gasteiger charge is -2.27. The maximum Gasteiger partial charge on any atom is 0.257 e. The molecular weight excluding hydrogens is 255 g/mol. The molecule has 5 heteroatoms. The monoisotopic (exact) mass is 264 g/mol. The molecule has 0 atom stereocenters. The van der Waals surface area contributed by atoms with Crippen LogP contribution in [0.2, 0.25) is 0 Å². The Morgan fingerprint density at radius 2 is 2.20 bits per heavy atom. The Kier molecular flexibility index (Phi) is 1.99. The number of carbonyl (C=O) groups is 1. The van der Waals surface area contributed by atoms with Crippen molar-refractivity contribution in [2.24, 2.45) is 0 Å². The van der Waals surface area contributed by atoms with E-state index in [0.717, 1.165) is 41.5 Å². The molecule has 1 aromatic rings. The summed E-state index contributed by atoms with van der Waals surface area (Å²) in [7, 11) is 5.81. The second-order valence-electron chi connectivity index (χ2n) is 4.19. The van der Waals surface area contributed by atoms with Crippen LogP contribution in [0.1, 0.15) is 28.8 Å². The van der Waals surface area contributed by atoms with Gasteiger partial charge in [-0.15, -0.1) is 0 Å². The lowest BCUT2D eigenvalue weighted by atomic mass is 9.92. The Bertz CT molecular complexity index is 439. The number of hydrogen-bond donors (Lipinski definition) is 1. The highest BCUT2D eigenvalue weighted by molar-refractivity contribution is 9.10. The van der Waals surface area contributed by atoms with E-state index in [1.807, 2.05) is 4.90 Å². The molecule has 1 amide bonds. The Morgan fingerprint density at radius 3 is 2.87 bits per heavy atom. The van der Waals surface area contributed by atoms with Gasteiger partial charge in [0.25, 0.3) is 5.91 Å². The van der Waals surface area contributed by atoms with Gasteiger partial charge >= 0.3 is 0 Å². The van der Waals surface area contributed by atoms with Crippen LogP contribution in [0.4, 0.5) is 0 Å². The molecule has 2 heterocycles. The Balaban J connectivity index is 2.04. The number of nitrogens with zero attached hydrogens (tertiary/aromatic N) is 1. The summed E-state index contributed by atoms with van der Waals surface area (Å²) in [6.45, 7) is 0.811. The Hall–Kier alpha value is -0.705. The first-order valence-electron chi connectivity index (χ1n) is 5.15. The van der Waals surface area contributed by atoms with Crippen molar-refractivity contribution in [2.75, 3.05) is 6.54 Å². The number of amides is 1. The second-order valence-corrected chi connectivity index (χ2v) is 4.98. The van der Waals surface area contributed by atoms with Crippen molar-refractivity contribution in [1.82, 2.24) is 9.88 Å². The summed E-state index contributed by atoms with van der Waals surface area (Å²) in [5.41, 5.74) is 2.34. The minimum absolute atomic E-state index is 0.124. The Labute approximate surface area is 97.8 Å². The first-order chi connectivity index (χ1) is 7.18. The predicted octanol–water partition coefficient (Wildman–Crippen LogP) is 0.732. The highest BCUT2D eigenvalue weighted by atomic mass is 79.9. The number of halogens is 1. The fourth-order valence-corrected chi connectivity index (χ4v) is 2.84. The van der Waals surface area contributed by atoms with E-state index in [9.17, 15) is 4.79 Å². The number of H-pyrrole nitrogens is 1. The zero-order valence-corrected chi connectivity index (χ0v) is 9.80. The maximum atomic E-state index is 12.2. The van der Waals surface area contributed by atoms with Gasteiger partial charge in [-0.25, -0.2) is 0 Å². The molecule has 1 aromatic heterocycles. The van der Waals surface area contributed by atoms with Crippen molar-refractivity contribution in [1.29, 1.82) is 0 Å². The van der Waals surface area contributed by atoms with Crippen LogP contribution in [0.25, 0.3) is 0 Å². The van der Waals surface area contributed by atoms with Gasteiger partial charge in [0, 0.05) is 12.6 Å². The van der Waals surface area contributed by atoms with E-state index in [1.54, 1.807) is 0 Å². The molecule has 0 unspecified atom stereocenters. The standard InChI is InChI=1S/C10H10BBrN2O/c11-8-6-3-4-14(5-1-2-5)10(15)7(6)9(12)13-8/h5,13H,1-4H2. The number of aromatic nitrogens is 1. The van der Waals surface area contributed by atoms with E-state index in [0.29, 0.717) is 11.6 Å². The summed E-state index contributed by atoms with van der Waals surface area (Å²) in [5.74, 6) is 0.124. The molecule has 0 spiro atoms. The van der Waals surface area contributed by atoms with Gasteiger partial charge in [-0.05, 0) is 46.3 Å². The summed E-state index contributed by atoms with van der Waals surface area (Å²) in [6, 6.07) is 0.480. The third-order valence-corrected chi connectivity index (χ3v) is 3.75. The quantitative estimate of drug-likeness (QED) is 0.746. The van der Waals surface area contributed by atoms with Crippen LogP contribution in [0.15, 0.2) is 4.60 Å². The van der Waals surface area contributed by atoms with E-state index in [2.05, 4.69) is 20.9 Å². The molecule has 2 radical (unpaired) electrons. The minimum atomic E-state index is 0.124. The molecule has 1 N–H and O–H groups in total. The normalized spacial score (nSPS) is 20.6. The van der Waals surface area contributed by atoms with Gasteiger partial charge in [0.15, 0.2) is 0 Å². The molecule has 15 heavy (non-hydrogen) atoms. The van der Waals surface area contributed by atoms with Crippen molar-refractivity contribution in [3.63, 3.8) is 0 Å². The number of nitrogens with one attached hydrogen (secondary N) is 1. The third-order valence-electron chi connectivity index (χ3n) is 3.16. The fourth-order valence-electron chi connectivity index (χ4n) is 2.22. The lowest BCUT2D eigenvalue weighted by Crippen LogP contribution is -2.39. The van der Waals surface area contributed by atoms with Crippen LogP contribution in [-0.4, -0.2) is 36.2 Å². The topological polar surface area (TPSA) is 36.1 Å². The number of rotatable bonds is 1. The summed E-state index contributed by atoms with van der Waals surface area (Å²) in [4.78, 5) is 17.1. The van der Waals surface area contributed by atoms with Crippen LogP contribution in [0.3, 0.4) is 0 Å². The molecule has 76 valence electrons. The molecule has 1 aliphatic carbocycles. The van der Waals surface area contributed by atoms with Gasteiger partial charge in [-0.1, -0.05) is 0 Å². The molecule has 1 fully saturated rings. The van der Waals surface area contributed by atoms with E-state index in [-0.39, 0.29) is 5.91 Å². The van der Waals surface area contributed by atoms with Crippen LogP contribution in [-0.2, 0) is 6.42 Å². The average Bonchev–Trinajstić information content (AvgIpc) is 2.96. The smallest absolute Gasteiger partial charge is 0.257 e. The molecular formula is C10H10BBrN2O. The van der Waals surface area contributed by atoms with Crippen LogP contribution in [0.5, 0.6) is 0 Å². The molecule has 1 saturated carbocycles. The van der Waals surface area contributed by atoms with Crippen LogP contribution >= 0.6 is 15.9 Å². The van der Waals surface area contributed by atoms with Gasteiger partial charge in [-0.2, -0.15) is 0 Å². The zero-order chi connectivity index (χ0) is 10.6. The molecule has 0 aromatic carbocycles. The van der Waals surface area contributed by atoms with Gasteiger partial charge < -0.3 is 9.88 Å². The molecule has 1 aliphatic heterocycles. The number of aromatic amines is 1. The zero-order valence-electron chi connectivity index (χ0n) is 8.22. The van der Waals surface area contributed by atoms with Crippen molar-refractivity contribution >= 4 is 35.3 Å². The number of carbonyl (C=O) groups excluding carboxylic acids is 1. The molecule has 0 bridgehead atoms. The average molecular weight is 265 g/mol. The van der Waals surface area contributed by atoms with E-state index in [1.165, 1.54) is 0 Å². The SMILES string of the molecule is [B]c1[nH]c(Br)c2c1CCN(C1CC1)C2=O. The highest BCUT2D eigenvalue weighted by Gasteiger charge is 2.37. The molecule has 2 aliphatic rings. The maximum absolute atomic E-state index is 12.2. The summed E-state index contributed by atoms with van der Waals surface area (Å²) in [6.07, 6.45) is 3.17. The molecule has 3 rings (SSSR count). The van der Waals surface area contributed by atoms with Crippen molar-refractivity contribution in [2.45, 2.75) is 25.3 Å². The Morgan fingerprint density at radius 1 is 1.47 bits per heavy atom.